The van der Waals surface area contributed by atoms with Gasteiger partial charge in [0.1, 0.15) is 0 Å². The molecular formula is C14H22N4O. The number of hydrogen-bond acceptors (Lipinski definition) is 4. The highest BCUT2D eigenvalue weighted by Gasteiger charge is 2.25. The van der Waals surface area contributed by atoms with Crippen molar-refractivity contribution in [3.05, 3.63) is 35.4 Å². The number of nitrogens with zero attached hydrogens (tertiary/aromatic N) is 2. The lowest BCUT2D eigenvalue weighted by Gasteiger charge is -2.16. The number of likely N-dealkylation sites (N-methyl/N-ethyl adjacent to an activating group) is 1. The fourth-order valence-electron chi connectivity index (χ4n) is 2.15. The third-order valence-electron chi connectivity index (χ3n) is 3.53. The van der Waals surface area contributed by atoms with E-state index in [0.29, 0.717) is 0 Å². The largest absolute Gasteiger partial charge is 0.409 e. The summed E-state index contributed by atoms with van der Waals surface area (Å²) in [7, 11) is 2.17. The predicted octanol–water partition coefficient (Wildman–Crippen LogP) is 0.965. The molecule has 4 N–H and O–H groups in total. The lowest BCUT2D eigenvalue weighted by Crippen LogP contribution is -2.31. The molecule has 0 aliphatic heterocycles. The Labute approximate surface area is 114 Å². The summed E-state index contributed by atoms with van der Waals surface area (Å²) in [6.45, 7) is 2.72. The van der Waals surface area contributed by atoms with Crippen molar-refractivity contribution < 1.29 is 5.21 Å². The third kappa shape index (κ3) is 3.94. The van der Waals surface area contributed by atoms with Crippen molar-refractivity contribution in [3.8, 4) is 0 Å². The molecule has 5 heteroatoms. The molecule has 0 spiro atoms. The summed E-state index contributed by atoms with van der Waals surface area (Å²) in [5.74, 6) is 0.160. The molecule has 1 aliphatic rings. The fourth-order valence-corrected chi connectivity index (χ4v) is 2.15. The predicted molar refractivity (Wildman–Crippen MR) is 76.3 cm³/mol. The van der Waals surface area contributed by atoms with Crippen molar-refractivity contribution in [1.29, 1.82) is 0 Å². The minimum absolute atomic E-state index is 0.160. The first-order valence-corrected chi connectivity index (χ1v) is 6.69. The van der Waals surface area contributed by atoms with Crippen LogP contribution in [0.4, 0.5) is 0 Å². The SMILES string of the molecule is CN(CCNCc1ccccc1C(N)=NO)C1CC1. The lowest BCUT2D eigenvalue weighted by atomic mass is 10.1. The molecule has 1 fully saturated rings. The summed E-state index contributed by atoms with van der Waals surface area (Å²) in [6, 6.07) is 8.50. The van der Waals surface area contributed by atoms with Crippen LogP contribution in [0.15, 0.2) is 29.4 Å². The molecule has 104 valence electrons. The number of nitrogens with one attached hydrogen (secondary N) is 1. The van der Waals surface area contributed by atoms with E-state index in [-0.39, 0.29) is 5.84 Å². The van der Waals surface area contributed by atoms with Crippen LogP contribution >= 0.6 is 0 Å². The van der Waals surface area contributed by atoms with Gasteiger partial charge in [0.2, 0.25) is 0 Å². The minimum Gasteiger partial charge on any atom is -0.409 e. The van der Waals surface area contributed by atoms with Crippen molar-refractivity contribution in [2.45, 2.75) is 25.4 Å². The van der Waals surface area contributed by atoms with Crippen LogP contribution in [-0.4, -0.2) is 42.1 Å². The second-order valence-electron chi connectivity index (χ2n) is 5.03. The van der Waals surface area contributed by atoms with Gasteiger partial charge in [-0.2, -0.15) is 0 Å². The van der Waals surface area contributed by atoms with Crippen LogP contribution < -0.4 is 11.1 Å². The Hall–Kier alpha value is -1.59. The van der Waals surface area contributed by atoms with E-state index in [1.54, 1.807) is 0 Å². The normalized spacial score (nSPS) is 16.0. The number of oxime groups is 1. The fraction of sp³-hybridized carbons (Fsp3) is 0.500. The molecule has 1 aromatic rings. The lowest BCUT2D eigenvalue weighted by molar-refractivity contribution is 0.318. The second kappa shape index (κ2) is 6.54. The Morgan fingerprint density at radius 1 is 1.47 bits per heavy atom. The molecule has 0 saturated heterocycles. The zero-order valence-corrected chi connectivity index (χ0v) is 11.3. The molecule has 19 heavy (non-hydrogen) atoms. The van der Waals surface area contributed by atoms with Gasteiger partial charge in [0, 0.05) is 31.2 Å². The van der Waals surface area contributed by atoms with Crippen LogP contribution in [0.5, 0.6) is 0 Å². The van der Waals surface area contributed by atoms with Gasteiger partial charge in [0.15, 0.2) is 5.84 Å². The van der Waals surface area contributed by atoms with Gasteiger partial charge in [-0.15, -0.1) is 0 Å². The summed E-state index contributed by atoms with van der Waals surface area (Å²) in [5.41, 5.74) is 7.49. The summed E-state index contributed by atoms with van der Waals surface area (Å²) in [4.78, 5) is 2.39. The van der Waals surface area contributed by atoms with E-state index in [9.17, 15) is 0 Å². The number of amidine groups is 1. The molecule has 1 saturated carbocycles. The Balaban J connectivity index is 1.81. The summed E-state index contributed by atoms with van der Waals surface area (Å²) in [5, 5.41) is 15.2. The molecule has 0 amide bonds. The standard InChI is InChI=1S/C14H22N4O/c1-18(12-6-7-12)9-8-16-10-11-4-2-3-5-13(11)14(15)17-19/h2-5,12,16,19H,6-10H2,1H3,(H2,15,17). The molecule has 5 nitrogen and oxygen atoms in total. The van der Waals surface area contributed by atoms with Gasteiger partial charge in [-0.1, -0.05) is 29.4 Å². The van der Waals surface area contributed by atoms with Gasteiger partial charge >= 0.3 is 0 Å². The van der Waals surface area contributed by atoms with E-state index < -0.39 is 0 Å². The highest BCUT2D eigenvalue weighted by Crippen LogP contribution is 2.24. The highest BCUT2D eigenvalue weighted by atomic mass is 16.4. The molecule has 0 unspecified atom stereocenters. The van der Waals surface area contributed by atoms with Gasteiger partial charge in [0.05, 0.1) is 0 Å². The average Bonchev–Trinajstić information content (AvgIpc) is 3.27. The van der Waals surface area contributed by atoms with Crippen LogP contribution in [0.25, 0.3) is 0 Å². The zero-order valence-electron chi connectivity index (χ0n) is 11.3. The van der Waals surface area contributed by atoms with E-state index in [2.05, 4.69) is 22.4 Å². The second-order valence-corrected chi connectivity index (χ2v) is 5.03. The van der Waals surface area contributed by atoms with Gasteiger partial charge < -0.3 is 21.2 Å². The summed E-state index contributed by atoms with van der Waals surface area (Å²) < 4.78 is 0. The van der Waals surface area contributed by atoms with Gasteiger partial charge in [-0.3, -0.25) is 0 Å². The maximum absolute atomic E-state index is 8.76. The first kappa shape index (κ1) is 13.8. The Morgan fingerprint density at radius 3 is 2.89 bits per heavy atom. The van der Waals surface area contributed by atoms with Crippen LogP contribution in [-0.2, 0) is 6.54 Å². The number of hydrogen-bond donors (Lipinski definition) is 3. The molecule has 1 aliphatic carbocycles. The van der Waals surface area contributed by atoms with E-state index in [4.69, 9.17) is 10.9 Å². The van der Waals surface area contributed by atoms with Crippen molar-refractivity contribution in [3.63, 3.8) is 0 Å². The first-order valence-electron chi connectivity index (χ1n) is 6.69. The molecule has 0 aromatic heterocycles. The first-order chi connectivity index (χ1) is 9.22. The average molecular weight is 262 g/mol. The maximum Gasteiger partial charge on any atom is 0.170 e. The van der Waals surface area contributed by atoms with E-state index in [1.165, 1.54) is 12.8 Å². The van der Waals surface area contributed by atoms with E-state index in [1.807, 2.05) is 24.3 Å². The van der Waals surface area contributed by atoms with E-state index in [0.717, 1.165) is 36.8 Å². The van der Waals surface area contributed by atoms with Crippen molar-refractivity contribution >= 4 is 5.84 Å². The van der Waals surface area contributed by atoms with Crippen LogP contribution in [0.2, 0.25) is 0 Å². The number of benzene rings is 1. The molecule has 0 radical (unpaired) electrons. The zero-order chi connectivity index (χ0) is 13.7. The summed E-state index contributed by atoms with van der Waals surface area (Å²) in [6.07, 6.45) is 2.67. The topological polar surface area (TPSA) is 73.9 Å². The van der Waals surface area contributed by atoms with Crippen molar-refractivity contribution in [2.75, 3.05) is 20.1 Å². The Bertz CT molecular complexity index is 443. The van der Waals surface area contributed by atoms with Crippen molar-refractivity contribution in [1.82, 2.24) is 10.2 Å². The van der Waals surface area contributed by atoms with Gasteiger partial charge in [-0.05, 0) is 25.5 Å². The smallest absolute Gasteiger partial charge is 0.170 e. The maximum atomic E-state index is 8.76. The molecule has 1 aromatic carbocycles. The molecule has 2 rings (SSSR count). The molecule has 0 atom stereocenters. The quantitative estimate of drug-likeness (QED) is 0.225. The monoisotopic (exact) mass is 262 g/mol. The van der Waals surface area contributed by atoms with Gasteiger partial charge in [-0.25, -0.2) is 0 Å². The van der Waals surface area contributed by atoms with Gasteiger partial charge in [0.25, 0.3) is 0 Å². The Morgan fingerprint density at radius 2 is 2.21 bits per heavy atom. The van der Waals surface area contributed by atoms with E-state index >= 15 is 0 Å². The molecule has 0 heterocycles. The number of nitrogens with two attached hydrogens (primary N) is 1. The molecular weight excluding hydrogens is 240 g/mol. The number of rotatable bonds is 7. The van der Waals surface area contributed by atoms with Crippen molar-refractivity contribution in [2.24, 2.45) is 10.9 Å². The van der Waals surface area contributed by atoms with Crippen LogP contribution in [0.1, 0.15) is 24.0 Å². The Kier molecular flexibility index (Phi) is 4.76. The summed E-state index contributed by atoms with van der Waals surface area (Å²) >= 11 is 0. The molecule has 0 bridgehead atoms. The van der Waals surface area contributed by atoms with Crippen LogP contribution in [0.3, 0.4) is 0 Å². The van der Waals surface area contributed by atoms with Crippen LogP contribution in [0, 0.1) is 0 Å². The third-order valence-corrected chi connectivity index (χ3v) is 3.53. The minimum atomic E-state index is 0.160. The highest BCUT2D eigenvalue weighted by molar-refractivity contribution is 5.98.